The Balaban J connectivity index is 1.36. The molecule has 1 saturated heterocycles. The first-order chi connectivity index (χ1) is 17.3. The van der Waals surface area contributed by atoms with Gasteiger partial charge in [0.15, 0.2) is 5.65 Å². The first-order valence-electron chi connectivity index (χ1n) is 12.3. The summed E-state index contributed by atoms with van der Waals surface area (Å²) in [4.78, 5) is 22.0. The maximum atomic E-state index is 15.1. The van der Waals surface area contributed by atoms with E-state index >= 15 is 4.39 Å². The molecular weight excluding hydrogens is 461 g/mol. The predicted molar refractivity (Wildman–Crippen MR) is 137 cm³/mol. The number of piperazine rings is 1. The molecule has 0 atom stereocenters. The minimum Gasteiger partial charge on any atom is -0.374 e. The van der Waals surface area contributed by atoms with Crippen molar-refractivity contribution in [2.24, 2.45) is 7.05 Å². The molecule has 3 aromatic heterocycles. The average molecular weight is 494 g/mol. The van der Waals surface area contributed by atoms with Crippen LogP contribution >= 0.6 is 0 Å². The Kier molecular flexibility index (Phi) is 6.83. The van der Waals surface area contributed by atoms with Gasteiger partial charge in [-0.2, -0.15) is 0 Å². The Morgan fingerprint density at radius 2 is 1.86 bits per heavy atom. The van der Waals surface area contributed by atoms with Crippen molar-refractivity contribution in [3.63, 3.8) is 0 Å². The van der Waals surface area contributed by atoms with Crippen molar-refractivity contribution in [3.8, 4) is 11.1 Å². The zero-order valence-corrected chi connectivity index (χ0v) is 21.2. The Labute approximate surface area is 209 Å². The summed E-state index contributed by atoms with van der Waals surface area (Å²) in [6.07, 6.45) is 1.66. The van der Waals surface area contributed by atoms with E-state index in [9.17, 15) is 4.79 Å². The van der Waals surface area contributed by atoms with Crippen molar-refractivity contribution in [1.82, 2.24) is 34.1 Å². The third-order valence-corrected chi connectivity index (χ3v) is 6.91. The van der Waals surface area contributed by atoms with Crippen molar-refractivity contribution < 1.29 is 9.13 Å². The van der Waals surface area contributed by atoms with E-state index in [2.05, 4.69) is 32.0 Å². The van der Waals surface area contributed by atoms with Crippen LogP contribution in [0.2, 0.25) is 0 Å². The van der Waals surface area contributed by atoms with Gasteiger partial charge in [0, 0.05) is 74.6 Å². The lowest BCUT2D eigenvalue weighted by Gasteiger charge is -2.32. The van der Waals surface area contributed by atoms with Gasteiger partial charge in [-0.1, -0.05) is 6.07 Å². The fourth-order valence-corrected chi connectivity index (χ4v) is 4.73. The second-order valence-corrected chi connectivity index (χ2v) is 9.76. The number of aromatic nitrogens is 5. The standard InChI is InChI=1S/C26H32FN7O2/c1-17(2)34-24-21-13-20(22(27)14-23(21)29-30-25(24)32(4)26(34)35)18-5-6-19(28-15-18)16-36-12-11-33-9-7-31(3)8-10-33/h5-6,13-15,17H,7-12,16H2,1-4H3. The van der Waals surface area contributed by atoms with Crippen LogP contribution in [0.5, 0.6) is 0 Å². The molecule has 0 radical (unpaired) electrons. The van der Waals surface area contributed by atoms with Crippen LogP contribution in [-0.2, 0) is 18.4 Å². The first kappa shape index (κ1) is 24.5. The van der Waals surface area contributed by atoms with Crippen LogP contribution < -0.4 is 5.69 Å². The van der Waals surface area contributed by atoms with Gasteiger partial charge in [0.05, 0.1) is 24.4 Å². The van der Waals surface area contributed by atoms with Crippen LogP contribution in [0.1, 0.15) is 25.6 Å². The summed E-state index contributed by atoms with van der Waals surface area (Å²) in [5, 5.41) is 9.04. The molecule has 0 saturated carbocycles. The highest BCUT2D eigenvalue weighted by Crippen LogP contribution is 2.30. The molecule has 36 heavy (non-hydrogen) atoms. The molecule has 4 heterocycles. The number of hydrogen-bond donors (Lipinski definition) is 0. The molecular formula is C26H32FN7O2. The van der Waals surface area contributed by atoms with E-state index in [1.54, 1.807) is 23.9 Å². The molecule has 5 rings (SSSR count). The van der Waals surface area contributed by atoms with E-state index in [1.165, 1.54) is 10.6 Å². The second-order valence-electron chi connectivity index (χ2n) is 9.76. The molecule has 1 fully saturated rings. The monoisotopic (exact) mass is 493 g/mol. The number of hydrogen-bond acceptors (Lipinski definition) is 7. The molecule has 10 heteroatoms. The van der Waals surface area contributed by atoms with Crippen LogP contribution in [-0.4, -0.2) is 80.5 Å². The SMILES string of the molecule is CC(C)n1c(=O)n(C)c2nnc3cc(F)c(-c4ccc(COCCN5CCN(C)CC5)nc4)cc3c21. The Bertz CT molecular complexity index is 1440. The van der Waals surface area contributed by atoms with Crippen LogP contribution in [0.25, 0.3) is 33.2 Å². The molecule has 1 aromatic carbocycles. The largest absolute Gasteiger partial charge is 0.374 e. The number of benzene rings is 1. The second kappa shape index (κ2) is 10.0. The highest BCUT2D eigenvalue weighted by atomic mass is 19.1. The normalized spacial score (nSPS) is 15.5. The third kappa shape index (κ3) is 4.63. The fraction of sp³-hybridized carbons (Fsp3) is 0.462. The van der Waals surface area contributed by atoms with Crippen LogP contribution in [0.3, 0.4) is 0 Å². The number of imidazole rings is 1. The highest BCUT2D eigenvalue weighted by Gasteiger charge is 2.20. The number of likely N-dealkylation sites (N-methyl/N-ethyl adjacent to an activating group) is 1. The molecule has 0 spiro atoms. The first-order valence-corrected chi connectivity index (χ1v) is 12.3. The van der Waals surface area contributed by atoms with E-state index in [0.29, 0.717) is 46.4 Å². The molecule has 1 aliphatic rings. The number of halogens is 1. The van der Waals surface area contributed by atoms with Gasteiger partial charge in [0.2, 0.25) is 0 Å². The molecule has 0 aliphatic carbocycles. The molecule has 9 nitrogen and oxygen atoms in total. The van der Waals surface area contributed by atoms with E-state index in [-0.39, 0.29) is 11.7 Å². The number of pyridine rings is 1. The summed E-state index contributed by atoms with van der Waals surface area (Å²) in [6.45, 7) is 10.2. The molecule has 0 N–H and O–H groups in total. The minimum atomic E-state index is -0.413. The number of ether oxygens (including phenoxy) is 1. The molecule has 0 amide bonds. The van der Waals surface area contributed by atoms with Crippen molar-refractivity contribution in [1.29, 1.82) is 0 Å². The Hall–Kier alpha value is -3.21. The molecule has 4 aromatic rings. The molecule has 1 aliphatic heterocycles. The molecule has 0 unspecified atom stereocenters. The maximum absolute atomic E-state index is 15.1. The summed E-state index contributed by atoms with van der Waals surface area (Å²) < 4.78 is 24.1. The van der Waals surface area contributed by atoms with Gasteiger partial charge in [-0.3, -0.25) is 19.0 Å². The van der Waals surface area contributed by atoms with E-state index < -0.39 is 5.82 Å². The zero-order chi connectivity index (χ0) is 25.4. The van der Waals surface area contributed by atoms with Crippen molar-refractivity contribution in [3.05, 3.63) is 52.5 Å². The maximum Gasteiger partial charge on any atom is 0.330 e. The lowest BCUT2D eigenvalue weighted by molar-refractivity contribution is 0.0725. The summed E-state index contributed by atoms with van der Waals surface area (Å²) in [7, 11) is 3.82. The van der Waals surface area contributed by atoms with E-state index in [4.69, 9.17) is 4.74 Å². The average Bonchev–Trinajstić information content (AvgIpc) is 3.13. The number of fused-ring (bicyclic) bond motifs is 3. The summed E-state index contributed by atoms with van der Waals surface area (Å²) >= 11 is 0. The molecule has 0 bridgehead atoms. The fourth-order valence-electron chi connectivity index (χ4n) is 4.73. The predicted octanol–water partition coefficient (Wildman–Crippen LogP) is 2.83. The van der Waals surface area contributed by atoms with Gasteiger partial charge in [-0.05, 0) is 33.0 Å². The smallest absolute Gasteiger partial charge is 0.330 e. The zero-order valence-electron chi connectivity index (χ0n) is 21.2. The number of nitrogens with zero attached hydrogens (tertiary/aromatic N) is 7. The van der Waals surface area contributed by atoms with Crippen LogP contribution in [0.4, 0.5) is 4.39 Å². The lowest BCUT2D eigenvalue weighted by atomic mass is 10.0. The van der Waals surface area contributed by atoms with Gasteiger partial charge >= 0.3 is 5.69 Å². The van der Waals surface area contributed by atoms with Crippen molar-refractivity contribution >= 4 is 22.1 Å². The van der Waals surface area contributed by atoms with Crippen LogP contribution in [0.15, 0.2) is 35.3 Å². The third-order valence-electron chi connectivity index (χ3n) is 6.91. The summed E-state index contributed by atoms with van der Waals surface area (Å²) in [5.74, 6) is -0.413. The highest BCUT2D eigenvalue weighted by molar-refractivity contribution is 6.02. The van der Waals surface area contributed by atoms with Gasteiger partial charge < -0.3 is 9.64 Å². The van der Waals surface area contributed by atoms with Gasteiger partial charge in [-0.25, -0.2) is 9.18 Å². The van der Waals surface area contributed by atoms with E-state index in [1.807, 2.05) is 26.0 Å². The minimum absolute atomic E-state index is 0.0840. The number of rotatable bonds is 7. The van der Waals surface area contributed by atoms with Crippen molar-refractivity contribution in [2.45, 2.75) is 26.5 Å². The summed E-state index contributed by atoms with van der Waals surface area (Å²) in [6, 6.07) is 6.74. The quantitative estimate of drug-likeness (QED) is 0.366. The summed E-state index contributed by atoms with van der Waals surface area (Å²) in [5.41, 5.74) is 3.20. The number of aryl methyl sites for hydroxylation is 1. The Morgan fingerprint density at radius 3 is 2.56 bits per heavy atom. The van der Waals surface area contributed by atoms with Gasteiger partial charge in [0.25, 0.3) is 0 Å². The lowest BCUT2D eigenvalue weighted by Crippen LogP contribution is -2.45. The van der Waals surface area contributed by atoms with Gasteiger partial charge in [-0.15, -0.1) is 10.2 Å². The van der Waals surface area contributed by atoms with Crippen molar-refractivity contribution in [2.75, 3.05) is 46.4 Å². The topological polar surface area (TPSA) is 81.3 Å². The van der Waals surface area contributed by atoms with Gasteiger partial charge in [0.1, 0.15) is 11.3 Å². The Morgan fingerprint density at radius 1 is 1.08 bits per heavy atom. The van der Waals surface area contributed by atoms with Crippen LogP contribution in [0, 0.1) is 5.82 Å². The molecule has 190 valence electrons. The van der Waals surface area contributed by atoms with E-state index in [0.717, 1.165) is 38.4 Å².